The van der Waals surface area contributed by atoms with Gasteiger partial charge in [0.25, 0.3) is 0 Å². The summed E-state index contributed by atoms with van der Waals surface area (Å²) in [5.74, 6) is -0.452. The van der Waals surface area contributed by atoms with E-state index in [0.717, 1.165) is 6.42 Å². The van der Waals surface area contributed by atoms with Crippen LogP contribution in [0.4, 0.5) is 4.39 Å². The highest BCUT2D eigenvalue weighted by molar-refractivity contribution is 6.30. The Kier molecular flexibility index (Phi) is 4.00. The highest BCUT2D eigenvalue weighted by Gasteiger charge is 2.15. The van der Waals surface area contributed by atoms with Gasteiger partial charge in [0, 0.05) is 10.6 Å². The van der Waals surface area contributed by atoms with Crippen molar-refractivity contribution >= 4 is 11.6 Å². The molecule has 0 fully saturated rings. The Balaban J connectivity index is 2.34. The van der Waals surface area contributed by atoms with Crippen LogP contribution in [0.15, 0.2) is 42.5 Å². The summed E-state index contributed by atoms with van der Waals surface area (Å²) in [7, 11) is 0. The molecule has 2 aromatic rings. The lowest BCUT2D eigenvalue weighted by Gasteiger charge is -2.13. The van der Waals surface area contributed by atoms with E-state index in [2.05, 4.69) is 6.92 Å². The van der Waals surface area contributed by atoms with Crippen molar-refractivity contribution in [3.8, 4) is 0 Å². The molecule has 1 nitrogen and oxygen atoms in total. The summed E-state index contributed by atoms with van der Waals surface area (Å²) in [6.45, 7) is 2.06. The lowest BCUT2D eigenvalue weighted by Crippen LogP contribution is -2.02. The van der Waals surface area contributed by atoms with Gasteiger partial charge in [-0.1, -0.05) is 42.8 Å². The Morgan fingerprint density at radius 2 is 1.83 bits per heavy atom. The smallest absolute Gasteiger partial charge is 0.129 e. The molecule has 18 heavy (non-hydrogen) atoms. The average molecular weight is 265 g/mol. The summed E-state index contributed by atoms with van der Waals surface area (Å²) >= 11 is 5.82. The van der Waals surface area contributed by atoms with E-state index >= 15 is 0 Å². The standard InChI is InChI=1S/C15H14ClFO/c1-2-10-3-5-11(6-4-10)15(18)13-9-12(16)7-8-14(13)17/h3-9,15,18H,2H2,1H3. The van der Waals surface area contributed by atoms with Crippen LogP contribution in [0.25, 0.3) is 0 Å². The molecule has 3 heteroatoms. The molecule has 0 aliphatic heterocycles. The van der Waals surface area contributed by atoms with Gasteiger partial charge in [0.1, 0.15) is 11.9 Å². The number of rotatable bonds is 3. The van der Waals surface area contributed by atoms with Gasteiger partial charge in [0.05, 0.1) is 0 Å². The molecule has 0 heterocycles. The molecule has 0 bridgehead atoms. The summed E-state index contributed by atoms with van der Waals surface area (Å²) in [4.78, 5) is 0. The van der Waals surface area contributed by atoms with Gasteiger partial charge in [-0.25, -0.2) is 4.39 Å². The van der Waals surface area contributed by atoms with E-state index in [1.54, 1.807) is 0 Å². The maximum Gasteiger partial charge on any atom is 0.129 e. The first-order valence-corrected chi connectivity index (χ1v) is 6.21. The summed E-state index contributed by atoms with van der Waals surface area (Å²) in [6.07, 6.45) is -0.0587. The molecule has 1 atom stereocenters. The molecule has 0 aliphatic carbocycles. The maximum absolute atomic E-state index is 13.6. The molecule has 0 amide bonds. The summed E-state index contributed by atoms with van der Waals surface area (Å²) in [5, 5.41) is 10.6. The van der Waals surface area contributed by atoms with Gasteiger partial charge in [-0.2, -0.15) is 0 Å². The Labute approximate surface area is 111 Å². The highest BCUT2D eigenvalue weighted by Crippen LogP contribution is 2.27. The molecule has 94 valence electrons. The largest absolute Gasteiger partial charge is 0.384 e. The van der Waals surface area contributed by atoms with Gasteiger partial charge in [-0.15, -0.1) is 0 Å². The number of aliphatic hydroxyl groups is 1. The number of benzene rings is 2. The number of aryl methyl sites for hydroxylation is 1. The SMILES string of the molecule is CCc1ccc(C(O)c2cc(Cl)ccc2F)cc1. The molecular weight excluding hydrogens is 251 g/mol. The fraction of sp³-hybridized carbons (Fsp3) is 0.200. The minimum atomic E-state index is -0.991. The van der Waals surface area contributed by atoms with Crippen molar-refractivity contribution in [2.75, 3.05) is 0 Å². The van der Waals surface area contributed by atoms with Crippen molar-refractivity contribution in [3.05, 3.63) is 70.0 Å². The van der Waals surface area contributed by atoms with Crippen molar-refractivity contribution in [3.63, 3.8) is 0 Å². The van der Waals surface area contributed by atoms with Crippen molar-refractivity contribution in [2.45, 2.75) is 19.4 Å². The van der Waals surface area contributed by atoms with E-state index in [1.165, 1.54) is 23.8 Å². The van der Waals surface area contributed by atoms with Crippen molar-refractivity contribution in [1.29, 1.82) is 0 Å². The van der Waals surface area contributed by atoms with Crippen molar-refractivity contribution in [1.82, 2.24) is 0 Å². The molecule has 2 aromatic carbocycles. The Hall–Kier alpha value is -1.38. The van der Waals surface area contributed by atoms with Crippen LogP contribution in [-0.4, -0.2) is 5.11 Å². The van der Waals surface area contributed by atoms with E-state index in [0.29, 0.717) is 10.6 Å². The van der Waals surface area contributed by atoms with Gasteiger partial charge in [-0.3, -0.25) is 0 Å². The van der Waals surface area contributed by atoms with Gasteiger partial charge in [0.2, 0.25) is 0 Å². The van der Waals surface area contributed by atoms with Gasteiger partial charge in [-0.05, 0) is 35.7 Å². The summed E-state index contributed by atoms with van der Waals surface area (Å²) < 4.78 is 13.6. The van der Waals surface area contributed by atoms with Gasteiger partial charge >= 0.3 is 0 Å². The lowest BCUT2D eigenvalue weighted by molar-refractivity contribution is 0.215. The molecule has 1 unspecified atom stereocenters. The van der Waals surface area contributed by atoms with Crippen LogP contribution in [0.5, 0.6) is 0 Å². The number of aliphatic hydroxyl groups excluding tert-OH is 1. The zero-order valence-electron chi connectivity index (χ0n) is 10.0. The van der Waals surface area contributed by atoms with E-state index < -0.39 is 11.9 Å². The molecule has 1 N–H and O–H groups in total. The second-order valence-corrected chi connectivity index (χ2v) is 4.60. The third kappa shape index (κ3) is 2.71. The van der Waals surface area contributed by atoms with Crippen molar-refractivity contribution in [2.24, 2.45) is 0 Å². The van der Waals surface area contributed by atoms with Gasteiger partial charge < -0.3 is 5.11 Å². The zero-order valence-corrected chi connectivity index (χ0v) is 10.8. The number of halogens is 2. The normalized spacial score (nSPS) is 12.4. The molecule has 0 radical (unpaired) electrons. The van der Waals surface area contributed by atoms with Crippen LogP contribution in [0, 0.1) is 5.82 Å². The lowest BCUT2D eigenvalue weighted by atomic mass is 9.99. The predicted molar refractivity (Wildman–Crippen MR) is 71.3 cm³/mol. The van der Waals surface area contributed by atoms with Crippen LogP contribution >= 0.6 is 11.6 Å². The molecule has 0 spiro atoms. The Morgan fingerprint density at radius 3 is 2.44 bits per heavy atom. The monoisotopic (exact) mass is 264 g/mol. The third-order valence-corrected chi connectivity index (χ3v) is 3.19. The van der Waals surface area contributed by atoms with Crippen LogP contribution < -0.4 is 0 Å². The predicted octanol–water partition coefficient (Wildman–Crippen LogP) is 4.12. The molecule has 2 rings (SSSR count). The fourth-order valence-corrected chi connectivity index (χ4v) is 2.02. The van der Waals surface area contributed by atoms with E-state index in [-0.39, 0.29) is 5.56 Å². The summed E-state index contributed by atoms with van der Waals surface area (Å²) in [6, 6.07) is 11.7. The minimum Gasteiger partial charge on any atom is -0.384 e. The minimum absolute atomic E-state index is 0.201. The van der Waals surface area contributed by atoms with Crippen molar-refractivity contribution < 1.29 is 9.50 Å². The van der Waals surface area contributed by atoms with Crippen LogP contribution in [0.3, 0.4) is 0 Å². The second kappa shape index (κ2) is 5.51. The van der Waals surface area contributed by atoms with Gasteiger partial charge in [0.15, 0.2) is 0 Å². The molecule has 0 saturated carbocycles. The average Bonchev–Trinajstić information content (AvgIpc) is 2.41. The highest BCUT2D eigenvalue weighted by atomic mass is 35.5. The molecule has 0 aliphatic rings. The number of hydrogen-bond donors (Lipinski definition) is 1. The van der Waals surface area contributed by atoms with Crippen LogP contribution in [0.1, 0.15) is 29.7 Å². The molecule has 0 saturated heterocycles. The second-order valence-electron chi connectivity index (χ2n) is 4.16. The zero-order chi connectivity index (χ0) is 13.1. The van der Waals surface area contributed by atoms with Crippen LogP contribution in [0.2, 0.25) is 5.02 Å². The number of hydrogen-bond acceptors (Lipinski definition) is 1. The van der Waals surface area contributed by atoms with E-state index in [1.807, 2.05) is 24.3 Å². The Bertz CT molecular complexity index is 537. The first kappa shape index (κ1) is 13.1. The van der Waals surface area contributed by atoms with Crippen LogP contribution in [-0.2, 0) is 6.42 Å². The third-order valence-electron chi connectivity index (χ3n) is 2.96. The maximum atomic E-state index is 13.6. The van der Waals surface area contributed by atoms with E-state index in [4.69, 9.17) is 11.6 Å². The molecular formula is C15H14ClFO. The quantitative estimate of drug-likeness (QED) is 0.884. The fourth-order valence-electron chi connectivity index (χ4n) is 1.84. The topological polar surface area (TPSA) is 20.2 Å². The molecule has 0 aromatic heterocycles. The first-order chi connectivity index (χ1) is 8.61. The van der Waals surface area contributed by atoms with E-state index in [9.17, 15) is 9.50 Å². The first-order valence-electron chi connectivity index (χ1n) is 5.83. The Morgan fingerprint density at radius 1 is 1.17 bits per heavy atom. The summed E-state index contributed by atoms with van der Waals surface area (Å²) in [5.41, 5.74) is 2.04.